The topological polar surface area (TPSA) is 92.9 Å². The Balaban J connectivity index is 1.92. The van der Waals surface area contributed by atoms with Crippen LogP contribution in [0.15, 0.2) is 0 Å². The Morgan fingerprint density at radius 2 is 2.47 bits per heavy atom. The van der Waals surface area contributed by atoms with E-state index in [1.54, 1.807) is 11.6 Å². The first-order valence-corrected chi connectivity index (χ1v) is 4.91. The molecular formula is C8H13N5O2. The number of nitrogens with one attached hydrogen (secondary N) is 1. The quantitative estimate of drug-likeness (QED) is 0.686. The van der Waals surface area contributed by atoms with Crippen molar-refractivity contribution in [2.24, 2.45) is 0 Å². The maximum absolute atomic E-state index is 10.6. The Morgan fingerprint density at radius 1 is 1.73 bits per heavy atom. The molecule has 0 spiro atoms. The van der Waals surface area contributed by atoms with Gasteiger partial charge in [-0.15, -0.1) is 5.10 Å². The van der Waals surface area contributed by atoms with Crippen molar-refractivity contribution in [3.8, 4) is 0 Å². The van der Waals surface area contributed by atoms with E-state index in [4.69, 9.17) is 5.11 Å². The number of rotatable bonds is 5. The zero-order valence-electron chi connectivity index (χ0n) is 8.42. The van der Waals surface area contributed by atoms with Crippen molar-refractivity contribution in [3.63, 3.8) is 0 Å². The molecular weight excluding hydrogens is 198 g/mol. The third kappa shape index (κ3) is 2.30. The standard InChI is InChI=1S/C8H13N5O2/c1-5(8(14)15)9-4-7-10-11-12-13(7)6-2-3-6/h5-6,9H,2-4H2,1H3,(H,14,15)/t5-/m0/s1. The number of aromatic nitrogens is 4. The molecule has 82 valence electrons. The first-order valence-electron chi connectivity index (χ1n) is 4.91. The van der Waals surface area contributed by atoms with E-state index in [1.807, 2.05) is 0 Å². The van der Waals surface area contributed by atoms with Crippen LogP contribution < -0.4 is 5.32 Å². The van der Waals surface area contributed by atoms with Crippen LogP contribution in [0, 0.1) is 0 Å². The highest BCUT2D eigenvalue weighted by molar-refractivity contribution is 5.72. The summed E-state index contributed by atoms with van der Waals surface area (Å²) in [5, 5.41) is 22.8. The van der Waals surface area contributed by atoms with Gasteiger partial charge < -0.3 is 5.11 Å². The maximum atomic E-state index is 10.6. The molecule has 0 saturated heterocycles. The van der Waals surface area contributed by atoms with Gasteiger partial charge in [-0.2, -0.15) is 0 Å². The van der Waals surface area contributed by atoms with Gasteiger partial charge in [-0.3, -0.25) is 10.1 Å². The Kier molecular flexibility index (Phi) is 2.63. The molecule has 0 aliphatic heterocycles. The van der Waals surface area contributed by atoms with Gasteiger partial charge >= 0.3 is 5.97 Å². The van der Waals surface area contributed by atoms with Crippen LogP contribution in [0.5, 0.6) is 0 Å². The van der Waals surface area contributed by atoms with Crippen LogP contribution in [0.25, 0.3) is 0 Å². The molecule has 0 amide bonds. The summed E-state index contributed by atoms with van der Waals surface area (Å²) in [5.41, 5.74) is 0. The second-order valence-corrected chi connectivity index (χ2v) is 3.71. The molecule has 7 nitrogen and oxygen atoms in total. The molecule has 15 heavy (non-hydrogen) atoms. The Hall–Kier alpha value is -1.50. The predicted molar refractivity (Wildman–Crippen MR) is 50.0 cm³/mol. The maximum Gasteiger partial charge on any atom is 0.320 e. The summed E-state index contributed by atoms with van der Waals surface area (Å²) >= 11 is 0. The molecule has 2 N–H and O–H groups in total. The minimum absolute atomic E-state index is 0.386. The molecule has 2 rings (SSSR count). The van der Waals surface area contributed by atoms with Crippen molar-refractivity contribution < 1.29 is 9.90 Å². The predicted octanol–water partition coefficient (Wildman–Crippen LogP) is -0.429. The van der Waals surface area contributed by atoms with Crippen molar-refractivity contribution in [2.75, 3.05) is 0 Å². The van der Waals surface area contributed by atoms with E-state index in [0.29, 0.717) is 18.4 Å². The molecule has 1 aliphatic carbocycles. The van der Waals surface area contributed by atoms with Crippen LogP contribution >= 0.6 is 0 Å². The number of carboxylic acids is 1. The number of hydrogen-bond donors (Lipinski definition) is 2. The van der Waals surface area contributed by atoms with Crippen LogP contribution in [-0.2, 0) is 11.3 Å². The molecule has 0 radical (unpaired) electrons. The lowest BCUT2D eigenvalue weighted by Gasteiger charge is -2.08. The molecule has 7 heteroatoms. The van der Waals surface area contributed by atoms with Gasteiger partial charge in [0, 0.05) is 0 Å². The molecule has 1 aromatic rings. The molecule has 1 aromatic heterocycles. The minimum atomic E-state index is -0.875. The van der Waals surface area contributed by atoms with Gasteiger partial charge in [0.2, 0.25) is 0 Å². The molecule has 1 saturated carbocycles. The van der Waals surface area contributed by atoms with Crippen LogP contribution in [0.2, 0.25) is 0 Å². The van der Waals surface area contributed by atoms with Crippen molar-refractivity contribution in [1.29, 1.82) is 0 Å². The summed E-state index contributed by atoms with van der Waals surface area (Å²) in [5.74, 6) is -0.175. The van der Waals surface area contributed by atoms with Gasteiger partial charge in [-0.25, -0.2) is 4.68 Å². The number of carbonyl (C=O) groups is 1. The van der Waals surface area contributed by atoms with E-state index < -0.39 is 12.0 Å². The highest BCUT2D eigenvalue weighted by Gasteiger charge is 2.27. The molecule has 1 aliphatic rings. The summed E-state index contributed by atoms with van der Waals surface area (Å²) in [6.07, 6.45) is 2.21. The minimum Gasteiger partial charge on any atom is -0.480 e. The van der Waals surface area contributed by atoms with E-state index in [-0.39, 0.29) is 0 Å². The van der Waals surface area contributed by atoms with E-state index in [9.17, 15) is 4.79 Å². The lowest BCUT2D eigenvalue weighted by molar-refractivity contribution is -0.139. The number of tetrazole rings is 1. The van der Waals surface area contributed by atoms with E-state index in [2.05, 4.69) is 20.8 Å². The highest BCUT2D eigenvalue weighted by Crippen LogP contribution is 2.34. The van der Waals surface area contributed by atoms with Crippen molar-refractivity contribution in [2.45, 2.75) is 38.4 Å². The molecule has 1 heterocycles. The fourth-order valence-electron chi connectivity index (χ4n) is 1.26. The fourth-order valence-corrected chi connectivity index (χ4v) is 1.26. The average Bonchev–Trinajstić information content (AvgIpc) is 2.94. The normalized spacial score (nSPS) is 17.7. The summed E-state index contributed by atoms with van der Waals surface area (Å²) < 4.78 is 1.77. The van der Waals surface area contributed by atoms with E-state index >= 15 is 0 Å². The average molecular weight is 211 g/mol. The fraction of sp³-hybridized carbons (Fsp3) is 0.750. The smallest absolute Gasteiger partial charge is 0.320 e. The highest BCUT2D eigenvalue weighted by atomic mass is 16.4. The lowest BCUT2D eigenvalue weighted by atomic mass is 10.3. The van der Waals surface area contributed by atoms with Gasteiger partial charge in [0.1, 0.15) is 6.04 Å². The van der Waals surface area contributed by atoms with Crippen LogP contribution in [0.1, 0.15) is 31.6 Å². The Bertz CT molecular complexity index is 360. The molecule has 1 fully saturated rings. The van der Waals surface area contributed by atoms with Crippen LogP contribution in [0.3, 0.4) is 0 Å². The lowest BCUT2D eigenvalue weighted by Crippen LogP contribution is -2.34. The summed E-state index contributed by atoms with van der Waals surface area (Å²) in [6, 6.07) is -0.175. The van der Waals surface area contributed by atoms with Crippen LogP contribution in [0.4, 0.5) is 0 Å². The SMILES string of the molecule is C[C@H](NCc1nnnn1C1CC1)C(=O)O. The monoisotopic (exact) mass is 211 g/mol. The van der Waals surface area contributed by atoms with Gasteiger partial charge in [-0.05, 0) is 30.2 Å². The summed E-state index contributed by atoms with van der Waals surface area (Å²) in [4.78, 5) is 10.6. The Labute approximate surface area is 86.5 Å². The zero-order valence-corrected chi connectivity index (χ0v) is 8.42. The number of nitrogens with zero attached hydrogens (tertiary/aromatic N) is 4. The number of aliphatic carboxylic acids is 1. The third-order valence-electron chi connectivity index (χ3n) is 2.39. The summed E-state index contributed by atoms with van der Waals surface area (Å²) in [7, 11) is 0. The molecule has 0 bridgehead atoms. The largest absolute Gasteiger partial charge is 0.480 e. The van der Waals surface area contributed by atoms with Crippen molar-refractivity contribution in [1.82, 2.24) is 25.5 Å². The second-order valence-electron chi connectivity index (χ2n) is 3.71. The summed E-state index contributed by atoms with van der Waals surface area (Å²) in [6.45, 7) is 1.98. The second kappa shape index (κ2) is 3.93. The number of carboxylic acid groups (broad SMARTS) is 1. The molecule has 1 atom stereocenters. The Morgan fingerprint density at radius 3 is 3.07 bits per heavy atom. The van der Waals surface area contributed by atoms with Gasteiger partial charge in [0.15, 0.2) is 5.82 Å². The van der Waals surface area contributed by atoms with E-state index in [1.165, 1.54) is 0 Å². The first-order chi connectivity index (χ1) is 7.18. The molecule has 0 unspecified atom stereocenters. The molecule has 0 aromatic carbocycles. The van der Waals surface area contributed by atoms with Gasteiger partial charge in [0.05, 0.1) is 12.6 Å². The van der Waals surface area contributed by atoms with Crippen LogP contribution in [-0.4, -0.2) is 37.3 Å². The first kappa shape index (κ1) is 10.0. The number of hydrogen-bond acceptors (Lipinski definition) is 5. The van der Waals surface area contributed by atoms with Crippen molar-refractivity contribution >= 4 is 5.97 Å². The zero-order chi connectivity index (χ0) is 10.8. The third-order valence-corrected chi connectivity index (χ3v) is 2.39. The van der Waals surface area contributed by atoms with Crippen molar-refractivity contribution in [3.05, 3.63) is 5.82 Å². The van der Waals surface area contributed by atoms with E-state index in [0.717, 1.165) is 12.8 Å². The van der Waals surface area contributed by atoms with Gasteiger partial charge in [-0.1, -0.05) is 0 Å². The van der Waals surface area contributed by atoms with Gasteiger partial charge in [0.25, 0.3) is 0 Å².